The Kier molecular flexibility index (Phi) is 4.46. The molecule has 23 heavy (non-hydrogen) atoms. The van der Waals surface area contributed by atoms with Crippen molar-refractivity contribution in [1.82, 2.24) is 9.55 Å². The second-order valence-corrected chi connectivity index (χ2v) is 6.96. The molecular formula is C16H16ClN3O2S. The molecule has 3 rings (SSSR count). The fourth-order valence-corrected chi connectivity index (χ4v) is 3.89. The average Bonchev–Trinajstić information content (AvgIpc) is 2.85. The van der Waals surface area contributed by atoms with Crippen LogP contribution in [-0.2, 0) is 4.79 Å². The predicted molar refractivity (Wildman–Crippen MR) is 92.4 cm³/mol. The van der Waals surface area contributed by atoms with E-state index in [2.05, 4.69) is 10.3 Å². The minimum Gasteiger partial charge on any atom is -0.326 e. The zero-order valence-corrected chi connectivity index (χ0v) is 14.4. The molecule has 0 radical (unpaired) electrons. The third kappa shape index (κ3) is 3.43. The van der Waals surface area contributed by atoms with Crippen molar-refractivity contribution in [3.05, 3.63) is 50.9 Å². The summed E-state index contributed by atoms with van der Waals surface area (Å²) in [5.74, 6) is 0.532. The quantitative estimate of drug-likeness (QED) is 0.864. The number of benzene rings is 1. The van der Waals surface area contributed by atoms with Gasteiger partial charge in [-0.25, -0.2) is 4.98 Å². The van der Waals surface area contributed by atoms with Gasteiger partial charge in [0, 0.05) is 34.6 Å². The third-order valence-electron chi connectivity index (χ3n) is 3.69. The lowest BCUT2D eigenvalue weighted by atomic mass is 10.2. The number of fused-ring (bicyclic) bond motifs is 1. The molecule has 0 spiro atoms. The Morgan fingerprint density at radius 1 is 1.43 bits per heavy atom. The van der Waals surface area contributed by atoms with Gasteiger partial charge in [0.1, 0.15) is 0 Å². The minimum atomic E-state index is -0.170. The number of nitrogens with one attached hydrogen (secondary N) is 1. The normalized spacial score (nSPS) is 16.2. The minimum absolute atomic E-state index is 0.103. The smallest absolute Gasteiger partial charge is 0.254 e. The topological polar surface area (TPSA) is 64.0 Å². The lowest BCUT2D eigenvalue weighted by Crippen LogP contribution is -2.27. The number of halogens is 1. The highest BCUT2D eigenvalue weighted by atomic mass is 35.5. The van der Waals surface area contributed by atoms with Crippen LogP contribution in [0.1, 0.15) is 23.7 Å². The van der Waals surface area contributed by atoms with Crippen molar-refractivity contribution in [2.45, 2.75) is 31.5 Å². The van der Waals surface area contributed by atoms with E-state index < -0.39 is 0 Å². The Morgan fingerprint density at radius 2 is 2.22 bits per heavy atom. The van der Waals surface area contributed by atoms with Crippen LogP contribution in [0.25, 0.3) is 0 Å². The van der Waals surface area contributed by atoms with E-state index in [9.17, 15) is 9.59 Å². The number of thioether (sulfide) groups is 1. The maximum absolute atomic E-state index is 12.3. The fourth-order valence-electron chi connectivity index (χ4n) is 2.51. The first-order valence-corrected chi connectivity index (χ1v) is 8.59. The van der Waals surface area contributed by atoms with Gasteiger partial charge >= 0.3 is 0 Å². The van der Waals surface area contributed by atoms with Crippen molar-refractivity contribution in [3.63, 3.8) is 0 Å². The molecule has 1 amide bonds. The maximum atomic E-state index is 12.3. The van der Waals surface area contributed by atoms with Gasteiger partial charge in [-0.15, -0.1) is 0 Å². The first-order valence-electron chi connectivity index (χ1n) is 7.23. The van der Waals surface area contributed by atoms with Gasteiger partial charge < -0.3 is 5.32 Å². The van der Waals surface area contributed by atoms with E-state index in [4.69, 9.17) is 11.6 Å². The highest BCUT2D eigenvalue weighted by Crippen LogP contribution is 2.32. The van der Waals surface area contributed by atoms with Gasteiger partial charge in [-0.2, -0.15) is 0 Å². The van der Waals surface area contributed by atoms with Crippen LogP contribution < -0.4 is 10.9 Å². The van der Waals surface area contributed by atoms with E-state index in [1.807, 2.05) is 19.1 Å². The summed E-state index contributed by atoms with van der Waals surface area (Å²) in [5, 5.41) is 4.13. The number of aromatic nitrogens is 2. The second kappa shape index (κ2) is 6.37. The Morgan fingerprint density at radius 3 is 2.96 bits per heavy atom. The molecule has 1 atom stereocenters. The van der Waals surface area contributed by atoms with Crippen molar-refractivity contribution in [2.75, 3.05) is 11.1 Å². The molecule has 0 aliphatic carbocycles. The zero-order chi connectivity index (χ0) is 16.6. The molecule has 1 aliphatic rings. The summed E-state index contributed by atoms with van der Waals surface area (Å²) in [6.45, 7) is 3.70. The van der Waals surface area contributed by atoms with Crippen LogP contribution in [0.4, 0.5) is 5.69 Å². The average molecular weight is 350 g/mol. The number of nitrogens with zero attached hydrogens (tertiary/aromatic N) is 2. The third-order valence-corrected chi connectivity index (χ3v) is 5.20. The predicted octanol–water partition coefficient (Wildman–Crippen LogP) is 3.19. The van der Waals surface area contributed by atoms with Gasteiger partial charge in [-0.3, -0.25) is 14.2 Å². The van der Waals surface area contributed by atoms with Crippen LogP contribution in [0.5, 0.6) is 0 Å². The molecule has 1 aromatic carbocycles. The fraction of sp³-hybridized carbons (Fsp3) is 0.312. The lowest BCUT2D eigenvalue weighted by molar-refractivity contribution is -0.116. The summed E-state index contributed by atoms with van der Waals surface area (Å²) in [6.07, 6.45) is 0.232. The number of carbonyl (C=O) groups excluding carboxylic acids is 1. The van der Waals surface area contributed by atoms with Crippen molar-refractivity contribution >= 4 is 35.0 Å². The molecule has 120 valence electrons. The van der Waals surface area contributed by atoms with Gasteiger partial charge in [-0.05, 0) is 31.5 Å². The monoisotopic (exact) mass is 349 g/mol. The summed E-state index contributed by atoms with van der Waals surface area (Å²) in [5.41, 5.74) is 2.21. The van der Waals surface area contributed by atoms with Crippen molar-refractivity contribution in [1.29, 1.82) is 0 Å². The Hall–Kier alpha value is -1.79. The van der Waals surface area contributed by atoms with Crippen LogP contribution in [0.2, 0.25) is 5.02 Å². The molecule has 1 aromatic heterocycles. The van der Waals surface area contributed by atoms with Crippen molar-refractivity contribution in [3.8, 4) is 0 Å². The van der Waals surface area contributed by atoms with E-state index in [-0.39, 0.29) is 23.9 Å². The molecule has 0 saturated carbocycles. The molecule has 1 aliphatic heterocycles. The zero-order valence-electron chi connectivity index (χ0n) is 12.8. The Labute approximate surface area is 143 Å². The first-order chi connectivity index (χ1) is 10.9. The number of amides is 1. The molecule has 0 fully saturated rings. The maximum Gasteiger partial charge on any atom is 0.254 e. The van der Waals surface area contributed by atoms with Crippen LogP contribution in [0.3, 0.4) is 0 Å². The molecule has 0 bridgehead atoms. The summed E-state index contributed by atoms with van der Waals surface area (Å²) in [6, 6.07) is 6.73. The number of aryl methyl sites for hydroxylation is 2. The van der Waals surface area contributed by atoms with Gasteiger partial charge in [0.05, 0.1) is 6.04 Å². The number of anilines is 1. The van der Waals surface area contributed by atoms with Crippen molar-refractivity contribution in [2.24, 2.45) is 0 Å². The first kappa shape index (κ1) is 16.1. The van der Waals surface area contributed by atoms with Gasteiger partial charge in [0.15, 0.2) is 5.16 Å². The highest BCUT2D eigenvalue weighted by molar-refractivity contribution is 7.99. The summed E-state index contributed by atoms with van der Waals surface area (Å²) in [7, 11) is 0. The van der Waals surface area contributed by atoms with Crippen LogP contribution in [0.15, 0.2) is 34.2 Å². The van der Waals surface area contributed by atoms with Gasteiger partial charge in [-0.1, -0.05) is 29.4 Å². The molecule has 1 N–H and O–H groups in total. The Bertz CT molecular complexity index is 835. The van der Waals surface area contributed by atoms with E-state index in [1.165, 1.54) is 17.8 Å². The van der Waals surface area contributed by atoms with Gasteiger partial charge in [0.2, 0.25) is 5.91 Å². The van der Waals surface area contributed by atoms with E-state index in [0.29, 0.717) is 27.3 Å². The molecule has 0 saturated heterocycles. The van der Waals surface area contributed by atoms with Crippen molar-refractivity contribution < 1.29 is 4.79 Å². The van der Waals surface area contributed by atoms with E-state index >= 15 is 0 Å². The summed E-state index contributed by atoms with van der Waals surface area (Å²) in [4.78, 5) is 28.7. The van der Waals surface area contributed by atoms with Crippen LogP contribution in [-0.4, -0.2) is 21.2 Å². The van der Waals surface area contributed by atoms with E-state index in [1.54, 1.807) is 17.6 Å². The summed E-state index contributed by atoms with van der Waals surface area (Å²) >= 11 is 7.57. The van der Waals surface area contributed by atoms with Gasteiger partial charge in [0.25, 0.3) is 5.56 Å². The standard InChI is InChI=1S/C16H16ClN3O2S/c1-9-3-4-11(6-13(9)17)19-14(21)7-12-8-23-16-18-10(2)5-15(22)20(12)16/h3-6,12H,7-8H2,1-2H3,(H,19,21)/t12-/m0/s1. The largest absolute Gasteiger partial charge is 0.326 e. The number of hydrogen-bond acceptors (Lipinski definition) is 4. The van der Waals surface area contributed by atoms with E-state index in [0.717, 1.165) is 5.56 Å². The molecule has 2 aromatic rings. The number of rotatable bonds is 3. The molecule has 0 unspecified atom stereocenters. The molecule has 5 nitrogen and oxygen atoms in total. The molecule has 2 heterocycles. The number of carbonyl (C=O) groups is 1. The Balaban J connectivity index is 1.73. The SMILES string of the molecule is Cc1cc(=O)n2c(n1)SC[C@@H]2CC(=O)Nc1ccc(C)c(Cl)c1. The lowest BCUT2D eigenvalue weighted by Gasteiger charge is -2.13. The van der Waals surface area contributed by atoms with Crippen LogP contribution >= 0.6 is 23.4 Å². The second-order valence-electron chi connectivity index (χ2n) is 5.57. The number of hydrogen-bond donors (Lipinski definition) is 1. The molecular weight excluding hydrogens is 334 g/mol. The highest BCUT2D eigenvalue weighted by Gasteiger charge is 2.27. The molecule has 7 heteroatoms. The summed E-state index contributed by atoms with van der Waals surface area (Å²) < 4.78 is 1.61. The van der Waals surface area contributed by atoms with Crippen LogP contribution in [0, 0.1) is 13.8 Å².